The van der Waals surface area contributed by atoms with Crippen LogP contribution < -0.4 is 4.72 Å². The van der Waals surface area contributed by atoms with E-state index in [1.807, 2.05) is 0 Å². The molecule has 0 radical (unpaired) electrons. The van der Waals surface area contributed by atoms with Gasteiger partial charge in [-0.3, -0.25) is 9.59 Å². The van der Waals surface area contributed by atoms with Crippen LogP contribution in [0.5, 0.6) is 0 Å². The van der Waals surface area contributed by atoms with E-state index in [0.717, 1.165) is 5.56 Å². The molecule has 9 nitrogen and oxygen atoms in total. The van der Waals surface area contributed by atoms with Gasteiger partial charge in [0.05, 0.1) is 18.9 Å². The van der Waals surface area contributed by atoms with Crippen molar-refractivity contribution in [1.29, 1.82) is 0 Å². The predicted molar refractivity (Wildman–Crippen MR) is 111 cm³/mol. The number of carbonyl (C=O) groups is 2. The lowest BCUT2D eigenvalue weighted by Crippen LogP contribution is -2.52. The Bertz CT molecular complexity index is 1010. The highest BCUT2D eigenvalue weighted by Gasteiger charge is 2.41. The topological polar surface area (TPSA) is 108 Å². The quantitative estimate of drug-likeness (QED) is 0.720. The lowest BCUT2D eigenvalue weighted by Gasteiger charge is -2.32. The van der Waals surface area contributed by atoms with Crippen molar-refractivity contribution in [2.24, 2.45) is 4.99 Å². The Balaban J connectivity index is 1.41. The maximum atomic E-state index is 12.8. The number of hydrogen-bond acceptors (Lipinski definition) is 6. The van der Waals surface area contributed by atoms with Gasteiger partial charge in [0.1, 0.15) is 12.1 Å². The summed E-state index contributed by atoms with van der Waals surface area (Å²) in [5.41, 5.74) is 1.29. The first kappa shape index (κ1) is 21.2. The summed E-state index contributed by atoms with van der Waals surface area (Å²) in [7, 11) is -3.95. The second-order valence-corrected chi connectivity index (χ2v) is 9.71. The van der Waals surface area contributed by atoms with E-state index in [0.29, 0.717) is 50.0 Å². The number of ether oxygens (including phenoxy) is 1. The number of nitrogens with one attached hydrogen (secondary N) is 1. The predicted octanol–water partition coefficient (Wildman–Crippen LogP) is 0.694. The Morgan fingerprint density at radius 3 is 2.77 bits per heavy atom. The molecule has 2 fully saturated rings. The number of nitrogens with zero attached hydrogens (tertiary/aromatic N) is 3. The van der Waals surface area contributed by atoms with Gasteiger partial charge in [-0.15, -0.1) is 0 Å². The van der Waals surface area contributed by atoms with Crippen LogP contribution in [0.2, 0.25) is 5.02 Å². The van der Waals surface area contributed by atoms with Gasteiger partial charge in [-0.05, 0) is 37.1 Å². The first-order chi connectivity index (χ1) is 14.3. The van der Waals surface area contributed by atoms with E-state index < -0.39 is 28.0 Å². The number of likely N-dealkylation sites (tertiary alicyclic amines) is 1. The largest absolute Gasteiger partial charge is 0.378 e. The van der Waals surface area contributed by atoms with E-state index in [1.165, 1.54) is 4.90 Å². The van der Waals surface area contributed by atoms with Gasteiger partial charge < -0.3 is 14.5 Å². The summed E-state index contributed by atoms with van der Waals surface area (Å²) in [5, 5.41) is 0.472. The van der Waals surface area contributed by atoms with Crippen LogP contribution in [-0.4, -0.2) is 80.0 Å². The van der Waals surface area contributed by atoms with Crippen LogP contribution in [-0.2, 0) is 30.8 Å². The summed E-state index contributed by atoms with van der Waals surface area (Å²) >= 11 is 5.97. The Labute approximate surface area is 180 Å². The maximum absolute atomic E-state index is 12.8. The van der Waals surface area contributed by atoms with Crippen molar-refractivity contribution in [3.63, 3.8) is 0 Å². The number of rotatable bonds is 4. The fraction of sp³-hybridized carbons (Fsp3) is 0.526. The van der Waals surface area contributed by atoms with Crippen LogP contribution >= 0.6 is 11.6 Å². The monoisotopic (exact) mass is 454 g/mol. The number of fused-ring (bicyclic) bond motifs is 1. The SMILES string of the molecule is C[C@@H](C(=O)N1CCOCC1)N1CC[C@H](NS(=O)(=O)C2=Nc3ccc(Cl)cc3C2)C1=O. The zero-order valence-electron chi connectivity index (χ0n) is 16.5. The molecule has 0 saturated carbocycles. The molecular weight excluding hydrogens is 432 g/mol. The summed E-state index contributed by atoms with van der Waals surface area (Å²) in [6.07, 6.45) is 0.423. The van der Waals surface area contributed by atoms with Crippen LogP contribution in [0.25, 0.3) is 0 Å². The number of aliphatic imine (C=N–C) groups is 1. The van der Waals surface area contributed by atoms with Gasteiger partial charge in [-0.25, -0.2) is 13.4 Å². The molecule has 2 amide bonds. The molecule has 1 N–H and O–H groups in total. The summed E-state index contributed by atoms with van der Waals surface area (Å²) in [6.45, 7) is 3.92. The molecule has 0 aliphatic carbocycles. The van der Waals surface area contributed by atoms with Crippen molar-refractivity contribution in [2.75, 3.05) is 32.8 Å². The number of carbonyl (C=O) groups excluding carboxylic acids is 2. The smallest absolute Gasteiger partial charge is 0.255 e. The lowest BCUT2D eigenvalue weighted by molar-refractivity contribution is -0.146. The fourth-order valence-corrected chi connectivity index (χ4v) is 5.42. The zero-order chi connectivity index (χ0) is 21.5. The van der Waals surface area contributed by atoms with Gasteiger partial charge in [0.2, 0.25) is 11.8 Å². The summed E-state index contributed by atoms with van der Waals surface area (Å²) in [4.78, 5) is 32.8. The first-order valence-corrected chi connectivity index (χ1v) is 11.7. The number of hydrogen-bond donors (Lipinski definition) is 1. The molecule has 2 atom stereocenters. The third-order valence-electron chi connectivity index (χ3n) is 5.62. The molecule has 0 aromatic heterocycles. The van der Waals surface area contributed by atoms with Gasteiger partial charge in [0.25, 0.3) is 10.0 Å². The van der Waals surface area contributed by atoms with Gasteiger partial charge in [0.15, 0.2) is 5.04 Å². The molecule has 3 aliphatic heterocycles. The summed E-state index contributed by atoms with van der Waals surface area (Å²) in [5.74, 6) is -0.547. The Morgan fingerprint density at radius 1 is 1.30 bits per heavy atom. The van der Waals surface area contributed by atoms with Crippen LogP contribution in [0.4, 0.5) is 5.69 Å². The molecule has 0 spiro atoms. The summed E-state index contributed by atoms with van der Waals surface area (Å²) < 4.78 is 33.4. The van der Waals surface area contributed by atoms with E-state index in [-0.39, 0.29) is 17.4 Å². The van der Waals surface area contributed by atoms with Crippen LogP contribution in [0.1, 0.15) is 18.9 Å². The lowest BCUT2D eigenvalue weighted by atomic mass is 10.2. The maximum Gasteiger partial charge on any atom is 0.255 e. The van der Waals surface area contributed by atoms with E-state index in [9.17, 15) is 18.0 Å². The Hall–Kier alpha value is -2.01. The van der Waals surface area contributed by atoms with E-state index in [1.54, 1.807) is 30.0 Å². The van der Waals surface area contributed by atoms with E-state index in [4.69, 9.17) is 16.3 Å². The zero-order valence-corrected chi connectivity index (χ0v) is 18.1. The minimum absolute atomic E-state index is 0.0385. The van der Waals surface area contributed by atoms with Gasteiger partial charge >= 0.3 is 0 Å². The summed E-state index contributed by atoms with van der Waals surface area (Å²) in [6, 6.07) is 3.44. The minimum atomic E-state index is -3.95. The molecule has 30 heavy (non-hydrogen) atoms. The molecule has 1 aromatic carbocycles. The molecule has 2 saturated heterocycles. The average molecular weight is 455 g/mol. The molecule has 162 valence electrons. The average Bonchev–Trinajstić information content (AvgIpc) is 3.31. The Morgan fingerprint density at radius 2 is 2.03 bits per heavy atom. The van der Waals surface area contributed by atoms with E-state index >= 15 is 0 Å². The van der Waals surface area contributed by atoms with Crippen molar-refractivity contribution in [3.8, 4) is 0 Å². The van der Waals surface area contributed by atoms with Gasteiger partial charge in [0, 0.05) is 31.1 Å². The van der Waals surface area contributed by atoms with E-state index in [2.05, 4.69) is 9.71 Å². The Kier molecular flexibility index (Phi) is 5.84. The molecule has 0 bridgehead atoms. The van der Waals surface area contributed by atoms with Crippen LogP contribution in [0.3, 0.4) is 0 Å². The van der Waals surface area contributed by atoms with Crippen molar-refractivity contribution in [2.45, 2.75) is 31.8 Å². The number of halogens is 1. The minimum Gasteiger partial charge on any atom is -0.378 e. The molecule has 4 rings (SSSR count). The number of amides is 2. The number of morpholine rings is 1. The third kappa shape index (κ3) is 4.09. The highest BCUT2D eigenvalue weighted by molar-refractivity contribution is 8.04. The van der Waals surface area contributed by atoms with Gasteiger partial charge in [-0.1, -0.05) is 11.6 Å². The third-order valence-corrected chi connectivity index (χ3v) is 7.31. The fourth-order valence-electron chi connectivity index (χ4n) is 3.93. The van der Waals surface area contributed by atoms with Crippen molar-refractivity contribution < 1.29 is 22.7 Å². The van der Waals surface area contributed by atoms with Crippen molar-refractivity contribution >= 4 is 44.2 Å². The van der Waals surface area contributed by atoms with Crippen LogP contribution in [0.15, 0.2) is 23.2 Å². The normalized spacial score (nSPS) is 22.8. The van der Waals surface area contributed by atoms with Crippen molar-refractivity contribution in [1.82, 2.24) is 14.5 Å². The van der Waals surface area contributed by atoms with Crippen molar-refractivity contribution in [3.05, 3.63) is 28.8 Å². The first-order valence-electron chi connectivity index (χ1n) is 9.81. The number of benzene rings is 1. The molecule has 3 aliphatic rings. The molecule has 0 unspecified atom stereocenters. The number of sulfonamides is 1. The standard InChI is InChI=1S/C19H23ClN4O5S/c1-12(18(25)23-6-8-29-9-7-23)24-5-4-16(19(24)26)22-30(27,28)17-11-13-10-14(20)2-3-15(13)21-17/h2-3,10,12,16,22H,4-9,11H2,1H3/t12-,16-/m0/s1. The highest BCUT2D eigenvalue weighted by Crippen LogP contribution is 2.30. The molecule has 11 heteroatoms. The highest BCUT2D eigenvalue weighted by atomic mass is 35.5. The second kappa shape index (κ2) is 8.26. The van der Waals surface area contributed by atoms with Gasteiger partial charge in [-0.2, -0.15) is 4.72 Å². The molecule has 3 heterocycles. The van der Waals surface area contributed by atoms with Crippen LogP contribution in [0, 0.1) is 0 Å². The molecular formula is C19H23ClN4O5S. The molecule has 1 aromatic rings. The second-order valence-electron chi connectivity index (χ2n) is 7.56.